The zero-order chi connectivity index (χ0) is 21.6. The van der Waals surface area contributed by atoms with Gasteiger partial charge in [0.15, 0.2) is 0 Å². The molecule has 0 radical (unpaired) electrons. The van der Waals surface area contributed by atoms with Gasteiger partial charge in [-0.15, -0.1) is 0 Å². The van der Waals surface area contributed by atoms with E-state index in [9.17, 15) is 22.9 Å². The summed E-state index contributed by atoms with van der Waals surface area (Å²) < 4.78 is 39.2. The molecule has 0 heterocycles. The summed E-state index contributed by atoms with van der Waals surface area (Å²) in [6, 6.07) is 3.56. The van der Waals surface area contributed by atoms with Crippen LogP contribution in [0, 0.1) is 22.7 Å². The van der Waals surface area contributed by atoms with E-state index in [-0.39, 0.29) is 28.4 Å². The van der Waals surface area contributed by atoms with Gasteiger partial charge in [-0.1, -0.05) is 6.92 Å². The van der Waals surface area contributed by atoms with Gasteiger partial charge in [0, 0.05) is 6.92 Å². The van der Waals surface area contributed by atoms with E-state index >= 15 is 0 Å². The minimum absolute atomic E-state index is 0.00321. The molecule has 1 spiro atoms. The van der Waals surface area contributed by atoms with Crippen LogP contribution in [0.2, 0.25) is 0 Å². The Balaban J connectivity index is 1.58. The number of carbonyl (C=O) groups excluding carboxylic acids is 1. The fraction of sp³-hybridized carbons (Fsp3) is 0.682. The normalized spacial score (nSPS) is 38.7. The SMILES string of the molecule is COc1cc2c(cc1N(C(C)=O)S(=O)(=O)O)CC[C@@H]1[C@@H]2CC[C@]2(C)[C@@H](O)C[C@@H]3C[C@]312. The Labute approximate surface area is 177 Å². The van der Waals surface area contributed by atoms with Crippen molar-refractivity contribution in [1.82, 2.24) is 0 Å². The molecule has 3 fully saturated rings. The van der Waals surface area contributed by atoms with Crippen molar-refractivity contribution in [3.8, 4) is 5.75 Å². The lowest BCUT2D eigenvalue weighted by Gasteiger charge is -2.52. The molecule has 8 heteroatoms. The molecule has 0 aromatic heterocycles. The van der Waals surface area contributed by atoms with Crippen molar-refractivity contribution in [2.75, 3.05) is 11.4 Å². The summed E-state index contributed by atoms with van der Waals surface area (Å²) in [7, 11) is -3.31. The zero-order valence-corrected chi connectivity index (χ0v) is 18.4. The number of anilines is 1. The summed E-state index contributed by atoms with van der Waals surface area (Å²) >= 11 is 0. The second-order valence-corrected chi connectivity index (χ2v) is 11.1. The number of hydrogen-bond acceptors (Lipinski definition) is 5. The van der Waals surface area contributed by atoms with Crippen molar-refractivity contribution in [3.63, 3.8) is 0 Å². The number of ether oxygens (including phenoxy) is 1. The molecular weight excluding hydrogens is 406 g/mol. The van der Waals surface area contributed by atoms with Crippen LogP contribution in [0.25, 0.3) is 0 Å². The van der Waals surface area contributed by atoms with Gasteiger partial charge in [0.25, 0.3) is 0 Å². The molecule has 5 rings (SSSR count). The van der Waals surface area contributed by atoms with Crippen LogP contribution in [-0.4, -0.2) is 37.2 Å². The number of aliphatic hydroxyl groups is 1. The van der Waals surface area contributed by atoms with Crippen molar-refractivity contribution in [3.05, 3.63) is 23.3 Å². The fourth-order valence-electron chi connectivity index (χ4n) is 7.58. The lowest BCUT2D eigenvalue weighted by atomic mass is 9.52. The first-order valence-electron chi connectivity index (χ1n) is 10.7. The van der Waals surface area contributed by atoms with Gasteiger partial charge < -0.3 is 9.84 Å². The van der Waals surface area contributed by atoms with Gasteiger partial charge in [0.2, 0.25) is 5.91 Å². The lowest BCUT2D eigenvalue weighted by Crippen LogP contribution is -2.47. The molecule has 6 atom stereocenters. The highest BCUT2D eigenvalue weighted by atomic mass is 32.2. The summed E-state index contributed by atoms with van der Waals surface area (Å²) in [5.41, 5.74) is 2.45. The Morgan fingerprint density at radius 3 is 2.67 bits per heavy atom. The van der Waals surface area contributed by atoms with E-state index in [0.717, 1.165) is 50.2 Å². The van der Waals surface area contributed by atoms with Gasteiger partial charge >= 0.3 is 10.3 Å². The van der Waals surface area contributed by atoms with Crippen molar-refractivity contribution in [2.24, 2.45) is 22.7 Å². The van der Waals surface area contributed by atoms with Crippen molar-refractivity contribution < 1.29 is 27.6 Å². The van der Waals surface area contributed by atoms with Crippen LogP contribution in [0.3, 0.4) is 0 Å². The number of hydrogen-bond donors (Lipinski definition) is 2. The molecule has 4 aliphatic carbocycles. The predicted molar refractivity (Wildman–Crippen MR) is 111 cm³/mol. The molecule has 7 nitrogen and oxygen atoms in total. The highest BCUT2D eigenvalue weighted by Crippen LogP contribution is 2.81. The van der Waals surface area contributed by atoms with Gasteiger partial charge in [-0.3, -0.25) is 9.35 Å². The number of rotatable bonds is 3. The van der Waals surface area contributed by atoms with E-state index in [1.54, 1.807) is 6.07 Å². The number of benzene rings is 1. The Kier molecular flexibility index (Phi) is 4.19. The number of aliphatic hydroxyl groups excluding tert-OH is 1. The predicted octanol–water partition coefficient (Wildman–Crippen LogP) is 3.07. The largest absolute Gasteiger partial charge is 0.495 e. The summed E-state index contributed by atoms with van der Waals surface area (Å²) in [4.78, 5) is 12.0. The molecule has 0 saturated heterocycles. The molecule has 3 saturated carbocycles. The van der Waals surface area contributed by atoms with E-state index in [1.165, 1.54) is 13.5 Å². The molecule has 0 unspecified atom stereocenters. The molecule has 0 aliphatic heterocycles. The summed E-state index contributed by atoms with van der Waals surface area (Å²) in [5, 5.41) is 10.7. The first kappa shape index (κ1) is 20.3. The standard InChI is InChI=1S/C22H29NO6S/c1-12(24)23(30(26,27)28)18-8-13-4-5-17-15(16(13)10-19(18)29-3)6-7-21(2)20(25)9-14-11-22(14,17)21/h8,10,14-15,17,20,25H,4-7,9,11H2,1-3H3,(H,26,27,28)/t14-,15-,17-,20+,21-,22+/m1/s1. The third-order valence-corrected chi connectivity index (χ3v) is 9.80. The van der Waals surface area contributed by atoms with E-state index in [0.29, 0.717) is 22.1 Å². The fourth-order valence-corrected chi connectivity index (χ4v) is 8.30. The highest BCUT2D eigenvalue weighted by molar-refractivity contribution is 7.88. The number of aryl methyl sites for hydroxylation is 1. The smallest absolute Gasteiger partial charge is 0.366 e. The van der Waals surface area contributed by atoms with Gasteiger partial charge in [-0.05, 0) is 90.4 Å². The van der Waals surface area contributed by atoms with Crippen LogP contribution in [0.15, 0.2) is 12.1 Å². The molecule has 4 aliphatic rings. The topological polar surface area (TPSA) is 104 Å². The minimum atomic E-state index is -4.75. The molecule has 2 N–H and O–H groups in total. The Bertz CT molecular complexity index is 1040. The summed E-state index contributed by atoms with van der Waals surface area (Å²) in [6.07, 6.45) is 5.65. The zero-order valence-electron chi connectivity index (χ0n) is 17.6. The second-order valence-electron chi connectivity index (χ2n) is 9.88. The quantitative estimate of drug-likeness (QED) is 0.707. The van der Waals surface area contributed by atoms with Crippen LogP contribution < -0.4 is 9.04 Å². The van der Waals surface area contributed by atoms with Gasteiger partial charge in [0.1, 0.15) is 11.4 Å². The van der Waals surface area contributed by atoms with E-state index in [1.807, 2.05) is 6.07 Å². The number of fused-ring (bicyclic) bond motifs is 3. The molecule has 1 amide bonds. The molecular formula is C22H29NO6S. The lowest BCUT2D eigenvalue weighted by molar-refractivity contribution is -0.115. The Morgan fingerprint density at radius 1 is 1.30 bits per heavy atom. The Morgan fingerprint density at radius 2 is 2.03 bits per heavy atom. The van der Waals surface area contributed by atoms with Crippen LogP contribution in [-0.2, 0) is 21.5 Å². The molecule has 30 heavy (non-hydrogen) atoms. The highest BCUT2D eigenvalue weighted by Gasteiger charge is 2.76. The first-order valence-corrected chi connectivity index (χ1v) is 12.1. The molecule has 1 aromatic rings. The Hall–Kier alpha value is -1.64. The number of nitrogens with zero attached hydrogens (tertiary/aromatic N) is 1. The first-order chi connectivity index (χ1) is 14.0. The average molecular weight is 436 g/mol. The number of methoxy groups -OCH3 is 1. The van der Waals surface area contributed by atoms with E-state index < -0.39 is 16.2 Å². The third kappa shape index (κ3) is 2.44. The van der Waals surface area contributed by atoms with Crippen LogP contribution in [0.4, 0.5) is 5.69 Å². The summed E-state index contributed by atoms with van der Waals surface area (Å²) in [6.45, 7) is 3.37. The van der Waals surface area contributed by atoms with Crippen molar-refractivity contribution in [1.29, 1.82) is 0 Å². The maximum Gasteiger partial charge on any atom is 0.366 e. The van der Waals surface area contributed by atoms with Crippen LogP contribution in [0.1, 0.15) is 63.0 Å². The molecule has 1 aromatic carbocycles. The van der Waals surface area contributed by atoms with Crippen LogP contribution in [0.5, 0.6) is 5.75 Å². The number of amides is 1. The third-order valence-electron chi connectivity index (χ3n) is 8.88. The minimum Gasteiger partial charge on any atom is -0.495 e. The van der Waals surface area contributed by atoms with Crippen molar-refractivity contribution in [2.45, 2.75) is 64.4 Å². The van der Waals surface area contributed by atoms with Gasteiger partial charge in [-0.2, -0.15) is 12.7 Å². The van der Waals surface area contributed by atoms with Gasteiger partial charge in [0.05, 0.1) is 13.2 Å². The maximum atomic E-state index is 12.0. The molecule has 0 bridgehead atoms. The second kappa shape index (κ2) is 6.20. The van der Waals surface area contributed by atoms with Gasteiger partial charge in [-0.25, -0.2) is 0 Å². The van der Waals surface area contributed by atoms with Crippen LogP contribution >= 0.6 is 0 Å². The number of carbonyl (C=O) groups is 1. The maximum absolute atomic E-state index is 12.0. The average Bonchev–Trinajstić information content (AvgIpc) is 3.32. The monoisotopic (exact) mass is 435 g/mol. The van der Waals surface area contributed by atoms with E-state index in [2.05, 4.69) is 6.92 Å². The van der Waals surface area contributed by atoms with E-state index in [4.69, 9.17) is 4.74 Å². The summed E-state index contributed by atoms with van der Waals surface area (Å²) in [5.74, 6) is 0.939. The molecule has 164 valence electrons. The van der Waals surface area contributed by atoms with Crippen molar-refractivity contribution >= 4 is 21.9 Å².